The third-order valence-electron chi connectivity index (χ3n) is 4.43. The van der Waals surface area contributed by atoms with Gasteiger partial charge >= 0.3 is 0 Å². The van der Waals surface area contributed by atoms with Crippen molar-refractivity contribution in [2.24, 2.45) is 0 Å². The van der Waals surface area contributed by atoms with Crippen LogP contribution in [0, 0.1) is 20.2 Å². The molecule has 32 heavy (non-hydrogen) atoms. The van der Waals surface area contributed by atoms with Crippen LogP contribution < -0.4 is 4.90 Å². The number of benzene rings is 2. The van der Waals surface area contributed by atoms with Crippen molar-refractivity contribution >= 4 is 55.6 Å². The molecule has 0 N–H and O–H groups in total. The molecule has 4 rings (SSSR count). The second-order valence-electron chi connectivity index (χ2n) is 6.57. The highest BCUT2D eigenvalue weighted by Crippen LogP contribution is 2.33. The molecule has 0 saturated carbocycles. The summed E-state index contributed by atoms with van der Waals surface area (Å²) in [7, 11) is 0. The van der Waals surface area contributed by atoms with Crippen molar-refractivity contribution in [1.29, 1.82) is 0 Å². The Morgan fingerprint density at radius 2 is 1.75 bits per heavy atom. The van der Waals surface area contributed by atoms with Crippen molar-refractivity contribution in [3.05, 3.63) is 97.3 Å². The van der Waals surface area contributed by atoms with Crippen molar-refractivity contribution in [3.63, 3.8) is 0 Å². The molecule has 0 fully saturated rings. The Morgan fingerprint density at radius 1 is 1.03 bits per heavy atom. The van der Waals surface area contributed by atoms with E-state index in [0.717, 1.165) is 22.9 Å². The number of fused-ring (bicyclic) bond motifs is 1. The highest BCUT2D eigenvalue weighted by Gasteiger charge is 2.26. The van der Waals surface area contributed by atoms with E-state index >= 15 is 0 Å². The largest absolute Gasteiger partial charge is 0.278 e. The Balaban J connectivity index is 1.83. The van der Waals surface area contributed by atoms with Crippen molar-refractivity contribution in [2.45, 2.75) is 6.54 Å². The second-order valence-corrected chi connectivity index (χ2v) is 8.02. The summed E-state index contributed by atoms with van der Waals surface area (Å²) in [6.07, 6.45) is 1.56. The van der Waals surface area contributed by atoms with E-state index in [9.17, 15) is 25.0 Å². The molecule has 10 nitrogen and oxygen atoms in total. The number of rotatable bonds is 6. The quantitative estimate of drug-likeness (QED) is 0.286. The van der Waals surface area contributed by atoms with Crippen LogP contribution in [0.5, 0.6) is 0 Å². The number of nitro benzene ring substituents is 2. The third kappa shape index (κ3) is 4.38. The van der Waals surface area contributed by atoms with Gasteiger partial charge in [0.05, 0.1) is 43.9 Å². The van der Waals surface area contributed by atoms with Gasteiger partial charge in [0.25, 0.3) is 17.3 Å². The Kier molecular flexibility index (Phi) is 5.75. The molecule has 0 bridgehead atoms. The number of pyridine rings is 1. The number of hydrogen-bond acceptors (Lipinski definition) is 8. The van der Waals surface area contributed by atoms with Gasteiger partial charge in [0, 0.05) is 23.4 Å². The molecule has 2 aromatic carbocycles. The summed E-state index contributed by atoms with van der Waals surface area (Å²) in [5.74, 6) is -0.687. The van der Waals surface area contributed by atoms with E-state index < -0.39 is 27.1 Å². The number of anilines is 1. The van der Waals surface area contributed by atoms with E-state index in [4.69, 9.17) is 11.6 Å². The van der Waals surface area contributed by atoms with Crippen LogP contribution in [0.2, 0.25) is 5.02 Å². The van der Waals surface area contributed by atoms with Crippen LogP contribution >= 0.6 is 22.9 Å². The minimum Gasteiger partial charge on any atom is -0.278 e. The van der Waals surface area contributed by atoms with Gasteiger partial charge in [-0.1, -0.05) is 29.0 Å². The van der Waals surface area contributed by atoms with Crippen LogP contribution in [0.25, 0.3) is 10.2 Å². The highest BCUT2D eigenvalue weighted by molar-refractivity contribution is 7.22. The van der Waals surface area contributed by atoms with Gasteiger partial charge in [-0.3, -0.25) is 34.9 Å². The van der Waals surface area contributed by atoms with Crippen molar-refractivity contribution in [1.82, 2.24) is 9.97 Å². The molecule has 2 aromatic heterocycles. The first-order valence-corrected chi connectivity index (χ1v) is 10.2. The first-order valence-electron chi connectivity index (χ1n) is 9.03. The Labute approximate surface area is 189 Å². The van der Waals surface area contributed by atoms with Crippen LogP contribution in [-0.4, -0.2) is 25.7 Å². The monoisotopic (exact) mass is 469 g/mol. The van der Waals surface area contributed by atoms with E-state index in [1.54, 1.807) is 42.6 Å². The molecule has 0 saturated heterocycles. The lowest BCUT2D eigenvalue weighted by Crippen LogP contribution is -2.30. The lowest BCUT2D eigenvalue weighted by atomic mass is 10.1. The number of amides is 1. The maximum absolute atomic E-state index is 13.4. The molecule has 0 spiro atoms. The Bertz CT molecular complexity index is 1330. The van der Waals surface area contributed by atoms with Crippen LogP contribution in [0.3, 0.4) is 0 Å². The predicted molar refractivity (Wildman–Crippen MR) is 119 cm³/mol. The SMILES string of the molecule is O=C(c1cc([N+](=O)[O-])cc([N+](=O)[O-])c1)N(Cc1ccccn1)c1nc2ccc(Cl)cc2s1. The number of aromatic nitrogens is 2. The molecular weight excluding hydrogens is 458 g/mol. The highest BCUT2D eigenvalue weighted by atomic mass is 35.5. The zero-order chi connectivity index (χ0) is 22.8. The summed E-state index contributed by atoms with van der Waals surface area (Å²) in [4.78, 5) is 44.4. The van der Waals surface area contributed by atoms with E-state index in [0.29, 0.717) is 21.4 Å². The standard InChI is InChI=1S/C20H12ClN5O5S/c21-13-4-5-17-18(9-13)32-20(23-17)24(11-14-3-1-2-6-22-14)19(27)12-7-15(25(28)29)10-16(8-12)26(30)31/h1-10H,11H2. The first-order chi connectivity index (χ1) is 15.3. The van der Waals surface area contributed by atoms with Crippen molar-refractivity contribution < 1.29 is 14.6 Å². The number of carbonyl (C=O) groups excluding carboxylic acids is 1. The summed E-state index contributed by atoms with van der Waals surface area (Å²) < 4.78 is 0.733. The van der Waals surface area contributed by atoms with Gasteiger partial charge in [-0.25, -0.2) is 4.98 Å². The normalized spacial score (nSPS) is 10.8. The van der Waals surface area contributed by atoms with Gasteiger partial charge in [-0.05, 0) is 30.3 Å². The average molecular weight is 470 g/mol. The number of hydrogen-bond donors (Lipinski definition) is 0. The third-order valence-corrected chi connectivity index (χ3v) is 5.71. The molecule has 0 aliphatic heterocycles. The van der Waals surface area contributed by atoms with Gasteiger partial charge in [0.1, 0.15) is 0 Å². The van der Waals surface area contributed by atoms with E-state index in [1.165, 1.54) is 16.2 Å². The maximum Gasteiger partial charge on any atom is 0.277 e. The fourth-order valence-corrected chi connectivity index (χ4v) is 4.21. The molecule has 1 amide bonds. The lowest BCUT2D eigenvalue weighted by molar-refractivity contribution is -0.394. The number of nitro groups is 2. The molecule has 160 valence electrons. The minimum absolute atomic E-state index is 0.00369. The van der Waals surface area contributed by atoms with Crippen LogP contribution in [0.4, 0.5) is 16.5 Å². The number of thiazole rings is 1. The van der Waals surface area contributed by atoms with Gasteiger partial charge in [-0.15, -0.1) is 0 Å². The molecular formula is C20H12ClN5O5S. The van der Waals surface area contributed by atoms with Gasteiger partial charge in [-0.2, -0.15) is 0 Å². The molecule has 4 aromatic rings. The van der Waals surface area contributed by atoms with Gasteiger partial charge < -0.3 is 0 Å². The van der Waals surface area contributed by atoms with Crippen LogP contribution in [0.15, 0.2) is 60.8 Å². The molecule has 12 heteroatoms. The molecule has 0 aliphatic carbocycles. The smallest absolute Gasteiger partial charge is 0.277 e. The Hall–Kier alpha value is -3.96. The van der Waals surface area contributed by atoms with Gasteiger partial charge in [0.15, 0.2) is 5.13 Å². The summed E-state index contributed by atoms with van der Waals surface area (Å²) in [5.41, 5.74) is -0.178. The topological polar surface area (TPSA) is 132 Å². The second kappa shape index (κ2) is 8.65. The summed E-state index contributed by atoms with van der Waals surface area (Å²) in [5, 5.41) is 23.3. The summed E-state index contributed by atoms with van der Waals surface area (Å²) >= 11 is 7.25. The van der Waals surface area contributed by atoms with E-state index in [-0.39, 0.29) is 12.1 Å². The number of halogens is 1. The zero-order valence-corrected chi connectivity index (χ0v) is 17.6. The van der Waals surface area contributed by atoms with E-state index in [2.05, 4.69) is 9.97 Å². The van der Waals surface area contributed by atoms with Crippen molar-refractivity contribution in [3.8, 4) is 0 Å². The number of nitrogens with zero attached hydrogens (tertiary/aromatic N) is 5. The Morgan fingerprint density at radius 3 is 2.38 bits per heavy atom. The number of carbonyl (C=O) groups is 1. The number of non-ortho nitro benzene ring substituents is 2. The average Bonchev–Trinajstić information content (AvgIpc) is 3.20. The lowest BCUT2D eigenvalue weighted by Gasteiger charge is -2.19. The zero-order valence-electron chi connectivity index (χ0n) is 16.0. The molecule has 2 heterocycles. The van der Waals surface area contributed by atoms with Crippen LogP contribution in [0.1, 0.15) is 16.1 Å². The predicted octanol–water partition coefficient (Wildman–Crippen LogP) is 5.01. The van der Waals surface area contributed by atoms with Gasteiger partial charge in [0.2, 0.25) is 0 Å². The van der Waals surface area contributed by atoms with Crippen molar-refractivity contribution in [2.75, 3.05) is 4.90 Å². The summed E-state index contributed by atoms with van der Waals surface area (Å²) in [6.45, 7) is 0.00369. The maximum atomic E-state index is 13.4. The fraction of sp³-hybridized carbons (Fsp3) is 0.0500. The molecule has 0 atom stereocenters. The molecule has 0 aliphatic rings. The summed E-state index contributed by atoms with van der Waals surface area (Å²) in [6, 6.07) is 13.1. The first kappa shape index (κ1) is 21.3. The molecule has 0 radical (unpaired) electrons. The molecule has 0 unspecified atom stereocenters. The minimum atomic E-state index is -0.785. The fourth-order valence-electron chi connectivity index (χ4n) is 2.97. The van der Waals surface area contributed by atoms with Crippen LogP contribution in [-0.2, 0) is 6.54 Å². The van der Waals surface area contributed by atoms with E-state index in [1.807, 2.05) is 0 Å².